The number of aliphatic hydroxyl groups is 1. The van der Waals surface area contributed by atoms with Crippen LogP contribution in [0, 0.1) is 5.92 Å². The molecule has 0 amide bonds. The summed E-state index contributed by atoms with van der Waals surface area (Å²) in [4.78, 5) is 14.0. The van der Waals surface area contributed by atoms with E-state index in [0.717, 1.165) is 31.7 Å². The van der Waals surface area contributed by atoms with Crippen LogP contribution in [0.4, 0.5) is 0 Å². The first kappa shape index (κ1) is 15.8. The summed E-state index contributed by atoms with van der Waals surface area (Å²) in [6.07, 6.45) is 2.04. The van der Waals surface area contributed by atoms with Gasteiger partial charge in [0, 0.05) is 13.2 Å². The molecule has 0 aromatic heterocycles. The normalized spacial score (nSPS) is 19.2. The van der Waals surface area contributed by atoms with E-state index in [9.17, 15) is 9.90 Å². The lowest BCUT2D eigenvalue weighted by Crippen LogP contribution is -2.40. The number of piperidine rings is 1. The van der Waals surface area contributed by atoms with Gasteiger partial charge < -0.3 is 14.6 Å². The summed E-state index contributed by atoms with van der Waals surface area (Å²) in [7, 11) is 0. The molecule has 1 saturated heterocycles. The lowest BCUT2D eigenvalue weighted by atomic mass is 9.99. The molecule has 1 unspecified atom stereocenters. The molecule has 1 fully saturated rings. The van der Waals surface area contributed by atoms with Crippen molar-refractivity contribution in [1.29, 1.82) is 0 Å². The quantitative estimate of drug-likeness (QED) is 0.639. The Morgan fingerprint density at radius 1 is 1.33 bits per heavy atom. The predicted molar refractivity (Wildman–Crippen MR) is 79.5 cm³/mol. The topological polar surface area (TPSA) is 59.0 Å². The molecule has 0 saturated carbocycles. The highest BCUT2D eigenvalue weighted by molar-refractivity contribution is 5.74. The maximum Gasteiger partial charge on any atom is 0.325 e. The van der Waals surface area contributed by atoms with E-state index in [0.29, 0.717) is 12.4 Å². The minimum absolute atomic E-state index is 0.185. The lowest BCUT2D eigenvalue weighted by molar-refractivity contribution is -0.136. The molecule has 1 N–H and O–H groups in total. The van der Waals surface area contributed by atoms with Crippen LogP contribution in [0.1, 0.15) is 19.8 Å². The molecule has 1 aromatic rings. The van der Waals surface area contributed by atoms with Gasteiger partial charge in [-0.2, -0.15) is 0 Å². The van der Waals surface area contributed by atoms with Crippen LogP contribution in [0.3, 0.4) is 0 Å². The van der Waals surface area contributed by atoms with Gasteiger partial charge in [0.15, 0.2) is 0 Å². The van der Waals surface area contributed by atoms with Gasteiger partial charge >= 0.3 is 5.97 Å². The summed E-state index contributed by atoms with van der Waals surface area (Å²) < 4.78 is 10.7. The fourth-order valence-electron chi connectivity index (χ4n) is 2.56. The molecule has 116 valence electrons. The highest BCUT2D eigenvalue weighted by Gasteiger charge is 2.21. The van der Waals surface area contributed by atoms with E-state index in [1.165, 1.54) is 0 Å². The third kappa shape index (κ3) is 5.02. The van der Waals surface area contributed by atoms with Crippen molar-refractivity contribution in [3.8, 4) is 11.5 Å². The summed E-state index contributed by atoms with van der Waals surface area (Å²) in [5.41, 5.74) is 0. The number of hydrogen-bond donors (Lipinski definition) is 1. The molecule has 5 nitrogen and oxygen atoms in total. The van der Waals surface area contributed by atoms with Crippen LogP contribution in [0.25, 0.3) is 0 Å². The Bertz CT molecular complexity index is 446. The minimum atomic E-state index is -0.266. The Kier molecular flexibility index (Phi) is 6.02. The highest BCUT2D eigenvalue weighted by atomic mass is 16.5. The zero-order valence-corrected chi connectivity index (χ0v) is 12.5. The molecule has 0 spiro atoms. The predicted octanol–water partition coefficient (Wildman–Crippen LogP) is 1.69. The second-order valence-electron chi connectivity index (χ2n) is 5.30. The van der Waals surface area contributed by atoms with Crippen molar-refractivity contribution in [2.24, 2.45) is 5.92 Å². The SMILES string of the molecule is CCOc1ccc(OC(=O)CN2CCCC(CO)C2)cc1. The number of likely N-dealkylation sites (tertiary alicyclic amines) is 1. The average molecular weight is 293 g/mol. The van der Waals surface area contributed by atoms with Gasteiger partial charge in [-0.3, -0.25) is 9.69 Å². The Labute approximate surface area is 125 Å². The summed E-state index contributed by atoms with van der Waals surface area (Å²) in [5, 5.41) is 9.19. The number of nitrogens with zero attached hydrogens (tertiary/aromatic N) is 1. The van der Waals surface area contributed by atoms with Crippen LogP contribution in [-0.2, 0) is 4.79 Å². The second kappa shape index (κ2) is 8.00. The average Bonchev–Trinajstić information content (AvgIpc) is 2.49. The first-order valence-electron chi connectivity index (χ1n) is 7.48. The maximum atomic E-state index is 11.9. The summed E-state index contributed by atoms with van der Waals surface area (Å²) in [5.74, 6) is 1.30. The number of carbonyl (C=O) groups excluding carboxylic acids is 1. The van der Waals surface area contributed by atoms with Crippen molar-refractivity contribution in [3.63, 3.8) is 0 Å². The molecular formula is C16H23NO4. The third-order valence-corrected chi connectivity index (χ3v) is 3.58. The second-order valence-corrected chi connectivity index (χ2v) is 5.30. The molecule has 0 radical (unpaired) electrons. The largest absolute Gasteiger partial charge is 0.494 e. The molecule has 21 heavy (non-hydrogen) atoms. The van der Waals surface area contributed by atoms with Gasteiger partial charge in [-0.1, -0.05) is 0 Å². The van der Waals surface area contributed by atoms with Gasteiger partial charge in [0.2, 0.25) is 0 Å². The molecule has 1 aliphatic heterocycles. The molecule has 1 aromatic carbocycles. The van der Waals surface area contributed by atoms with E-state index in [4.69, 9.17) is 9.47 Å². The van der Waals surface area contributed by atoms with Crippen molar-refractivity contribution in [3.05, 3.63) is 24.3 Å². The summed E-state index contributed by atoms with van der Waals surface area (Å²) >= 11 is 0. The smallest absolute Gasteiger partial charge is 0.325 e. The van der Waals surface area contributed by atoms with Crippen LogP contribution in [0.15, 0.2) is 24.3 Å². The zero-order chi connectivity index (χ0) is 15.1. The van der Waals surface area contributed by atoms with Crippen molar-refractivity contribution in [2.75, 3.05) is 32.8 Å². The van der Waals surface area contributed by atoms with Crippen LogP contribution in [-0.4, -0.2) is 48.8 Å². The van der Waals surface area contributed by atoms with E-state index in [2.05, 4.69) is 0 Å². The van der Waals surface area contributed by atoms with Gasteiger partial charge in [0.1, 0.15) is 11.5 Å². The number of aliphatic hydroxyl groups excluding tert-OH is 1. The van der Waals surface area contributed by atoms with E-state index >= 15 is 0 Å². The fourth-order valence-corrected chi connectivity index (χ4v) is 2.56. The number of carbonyl (C=O) groups is 1. The van der Waals surface area contributed by atoms with Crippen LogP contribution in [0.2, 0.25) is 0 Å². The van der Waals surface area contributed by atoms with Gasteiger partial charge in [-0.05, 0) is 56.5 Å². The minimum Gasteiger partial charge on any atom is -0.494 e. The van der Waals surface area contributed by atoms with Gasteiger partial charge in [-0.25, -0.2) is 0 Å². The van der Waals surface area contributed by atoms with Crippen molar-refractivity contribution in [1.82, 2.24) is 4.90 Å². The first-order valence-corrected chi connectivity index (χ1v) is 7.48. The van der Waals surface area contributed by atoms with E-state index < -0.39 is 0 Å². The van der Waals surface area contributed by atoms with Crippen LogP contribution >= 0.6 is 0 Å². The Hall–Kier alpha value is -1.59. The first-order chi connectivity index (χ1) is 10.2. The Morgan fingerprint density at radius 2 is 2.05 bits per heavy atom. The van der Waals surface area contributed by atoms with Gasteiger partial charge in [0.25, 0.3) is 0 Å². The number of ether oxygens (including phenoxy) is 2. The molecule has 1 atom stereocenters. The molecule has 5 heteroatoms. The number of hydrogen-bond acceptors (Lipinski definition) is 5. The van der Waals surface area contributed by atoms with Crippen molar-refractivity contribution >= 4 is 5.97 Å². The number of rotatable bonds is 6. The van der Waals surface area contributed by atoms with Crippen molar-refractivity contribution < 1.29 is 19.4 Å². The van der Waals surface area contributed by atoms with E-state index in [1.807, 2.05) is 11.8 Å². The Morgan fingerprint density at radius 3 is 2.71 bits per heavy atom. The standard InChI is InChI=1S/C16H23NO4/c1-2-20-14-5-7-15(8-6-14)21-16(19)11-17-9-3-4-13(10-17)12-18/h5-8,13,18H,2-4,9-12H2,1H3. The third-order valence-electron chi connectivity index (χ3n) is 3.58. The van der Waals surface area contributed by atoms with Crippen LogP contribution in [0.5, 0.6) is 11.5 Å². The van der Waals surface area contributed by atoms with Gasteiger partial charge in [0.05, 0.1) is 13.2 Å². The zero-order valence-electron chi connectivity index (χ0n) is 12.5. The molecule has 2 rings (SSSR count). The fraction of sp³-hybridized carbons (Fsp3) is 0.562. The number of benzene rings is 1. The molecule has 0 aliphatic carbocycles. The highest BCUT2D eigenvalue weighted by Crippen LogP contribution is 2.19. The van der Waals surface area contributed by atoms with E-state index in [-0.39, 0.29) is 25.0 Å². The summed E-state index contributed by atoms with van der Waals surface area (Å²) in [6.45, 7) is 4.63. The number of esters is 1. The van der Waals surface area contributed by atoms with Gasteiger partial charge in [-0.15, -0.1) is 0 Å². The van der Waals surface area contributed by atoms with Crippen LogP contribution < -0.4 is 9.47 Å². The Balaban J connectivity index is 1.81. The molecular weight excluding hydrogens is 270 g/mol. The summed E-state index contributed by atoms with van der Waals surface area (Å²) in [6, 6.07) is 7.04. The molecule has 1 heterocycles. The van der Waals surface area contributed by atoms with E-state index in [1.54, 1.807) is 24.3 Å². The lowest BCUT2D eigenvalue weighted by Gasteiger charge is -2.30. The molecule has 0 bridgehead atoms. The molecule has 1 aliphatic rings. The monoisotopic (exact) mass is 293 g/mol. The van der Waals surface area contributed by atoms with Crippen molar-refractivity contribution in [2.45, 2.75) is 19.8 Å². The maximum absolute atomic E-state index is 11.9.